The molecule has 5 aromatic rings. The minimum atomic E-state index is 0.0119. The Kier molecular flexibility index (Phi) is 4.71. The van der Waals surface area contributed by atoms with Crippen LogP contribution in [-0.4, -0.2) is 31.0 Å². The first-order chi connectivity index (χ1) is 15.1. The van der Waals surface area contributed by atoms with E-state index in [-0.39, 0.29) is 5.56 Å². The molecule has 0 atom stereocenters. The molecule has 0 amide bonds. The lowest BCUT2D eigenvalue weighted by atomic mass is 10.0. The maximum absolute atomic E-state index is 13.6. The zero-order valence-electron chi connectivity index (χ0n) is 17.4. The molecular weight excluding hydrogens is 388 g/mol. The molecule has 0 radical (unpaired) electrons. The Morgan fingerprint density at radius 1 is 1.00 bits per heavy atom. The van der Waals surface area contributed by atoms with Crippen LogP contribution in [-0.2, 0) is 6.42 Å². The number of anilines is 1. The van der Waals surface area contributed by atoms with Crippen LogP contribution in [0.15, 0.2) is 66.0 Å². The zero-order chi connectivity index (χ0) is 21.4. The summed E-state index contributed by atoms with van der Waals surface area (Å²) in [5.74, 6) is 0.698. The van der Waals surface area contributed by atoms with Crippen molar-refractivity contribution in [2.75, 3.05) is 11.9 Å². The van der Waals surface area contributed by atoms with E-state index in [1.807, 2.05) is 60.9 Å². The quantitative estimate of drug-likeness (QED) is 0.458. The van der Waals surface area contributed by atoms with E-state index in [4.69, 9.17) is 0 Å². The summed E-state index contributed by atoms with van der Waals surface area (Å²) in [7, 11) is 0. The first-order valence-corrected chi connectivity index (χ1v) is 10.2. The van der Waals surface area contributed by atoms with Crippen LogP contribution in [0.2, 0.25) is 0 Å². The summed E-state index contributed by atoms with van der Waals surface area (Å²) in [6, 6.07) is 16.1. The molecule has 0 unspecified atom stereocenters. The van der Waals surface area contributed by atoms with Gasteiger partial charge in [0.25, 0.3) is 5.56 Å². The SMILES string of the molecule is Cc1ccccc1-n1c(CCNc2ncnc3nc[nH]c23)cc2cccc(C)c2c1=O. The number of aryl methyl sites for hydroxylation is 2. The summed E-state index contributed by atoms with van der Waals surface area (Å²) in [4.78, 5) is 29.3. The Bertz CT molecular complexity index is 1470. The van der Waals surface area contributed by atoms with Gasteiger partial charge in [-0.2, -0.15) is 0 Å². The van der Waals surface area contributed by atoms with Crippen LogP contribution in [0.5, 0.6) is 0 Å². The molecule has 2 N–H and O–H groups in total. The van der Waals surface area contributed by atoms with Crippen molar-refractivity contribution < 1.29 is 0 Å². The molecule has 0 aliphatic rings. The van der Waals surface area contributed by atoms with Gasteiger partial charge in [0.2, 0.25) is 0 Å². The molecule has 2 aromatic carbocycles. The van der Waals surface area contributed by atoms with E-state index < -0.39 is 0 Å². The minimum absolute atomic E-state index is 0.0119. The van der Waals surface area contributed by atoms with Crippen molar-refractivity contribution in [1.82, 2.24) is 24.5 Å². The average Bonchev–Trinajstić information content (AvgIpc) is 3.24. The number of rotatable bonds is 5. The van der Waals surface area contributed by atoms with Gasteiger partial charge >= 0.3 is 0 Å². The van der Waals surface area contributed by atoms with Gasteiger partial charge in [0.05, 0.1) is 17.4 Å². The van der Waals surface area contributed by atoms with E-state index in [0.29, 0.717) is 24.4 Å². The minimum Gasteiger partial charge on any atom is -0.368 e. The van der Waals surface area contributed by atoms with E-state index in [0.717, 1.165) is 38.8 Å². The van der Waals surface area contributed by atoms with Crippen LogP contribution < -0.4 is 10.9 Å². The molecule has 3 heterocycles. The number of imidazole rings is 1. The number of aromatic amines is 1. The normalized spacial score (nSPS) is 11.3. The second-order valence-corrected chi connectivity index (χ2v) is 7.60. The molecule has 0 spiro atoms. The molecular formula is C24H22N6O. The largest absolute Gasteiger partial charge is 0.368 e. The molecule has 154 valence electrons. The van der Waals surface area contributed by atoms with Crippen LogP contribution in [0, 0.1) is 13.8 Å². The average molecular weight is 410 g/mol. The summed E-state index contributed by atoms with van der Waals surface area (Å²) in [5, 5.41) is 5.08. The third-order valence-electron chi connectivity index (χ3n) is 5.58. The Morgan fingerprint density at radius 3 is 2.71 bits per heavy atom. The van der Waals surface area contributed by atoms with E-state index in [2.05, 4.69) is 31.3 Å². The van der Waals surface area contributed by atoms with Gasteiger partial charge in [-0.25, -0.2) is 15.0 Å². The van der Waals surface area contributed by atoms with E-state index in [1.165, 1.54) is 6.33 Å². The molecule has 5 rings (SSSR count). The van der Waals surface area contributed by atoms with Crippen molar-refractivity contribution in [1.29, 1.82) is 0 Å². The number of nitrogens with one attached hydrogen (secondary N) is 2. The Hall–Kier alpha value is -4.00. The van der Waals surface area contributed by atoms with Gasteiger partial charge in [-0.1, -0.05) is 36.4 Å². The molecule has 0 saturated heterocycles. The van der Waals surface area contributed by atoms with Crippen molar-refractivity contribution in [3.63, 3.8) is 0 Å². The summed E-state index contributed by atoms with van der Waals surface area (Å²) >= 11 is 0. The number of aromatic nitrogens is 5. The first-order valence-electron chi connectivity index (χ1n) is 10.2. The van der Waals surface area contributed by atoms with Gasteiger partial charge in [0.15, 0.2) is 11.5 Å². The van der Waals surface area contributed by atoms with Crippen LogP contribution >= 0.6 is 0 Å². The lowest BCUT2D eigenvalue weighted by molar-refractivity contribution is 0.854. The number of benzene rings is 2. The first kappa shape index (κ1) is 19.0. The topological polar surface area (TPSA) is 88.5 Å². The predicted molar refractivity (Wildman–Crippen MR) is 123 cm³/mol. The van der Waals surface area contributed by atoms with Crippen LogP contribution in [0.1, 0.15) is 16.8 Å². The van der Waals surface area contributed by atoms with Crippen molar-refractivity contribution in [3.05, 3.63) is 88.4 Å². The number of nitrogens with zero attached hydrogens (tertiary/aromatic N) is 4. The lowest BCUT2D eigenvalue weighted by Crippen LogP contribution is -2.25. The fraction of sp³-hybridized carbons (Fsp3) is 0.167. The molecule has 0 saturated carbocycles. The molecule has 7 nitrogen and oxygen atoms in total. The summed E-state index contributed by atoms with van der Waals surface area (Å²) < 4.78 is 1.85. The Morgan fingerprint density at radius 2 is 1.84 bits per heavy atom. The number of para-hydroxylation sites is 1. The fourth-order valence-corrected chi connectivity index (χ4v) is 4.06. The lowest BCUT2D eigenvalue weighted by Gasteiger charge is -2.17. The Balaban J connectivity index is 1.57. The van der Waals surface area contributed by atoms with Gasteiger partial charge in [0, 0.05) is 18.7 Å². The second kappa shape index (κ2) is 7.68. The van der Waals surface area contributed by atoms with Crippen molar-refractivity contribution in [2.45, 2.75) is 20.3 Å². The smallest absolute Gasteiger partial charge is 0.263 e. The van der Waals surface area contributed by atoms with Gasteiger partial charge in [-0.3, -0.25) is 9.36 Å². The van der Waals surface area contributed by atoms with Gasteiger partial charge in [0.1, 0.15) is 11.8 Å². The fourth-order valence-electron chi connectivity index (χ4n) is 4.06. The van der Waals surface area contributed by atoms with Crippen LogP contribution in [0.25, 0.3) is 27.6 Å². The third kappa shape index (κ3) is 3.34. The molecule has 0 aliphatic heterocycles. The highest BCUT2D eigenvalue weighted by atomic mass is 16.1. The van der Waals surface area contributed by atoms with Crippen LogP contribution in [0.3, 0.4) is 0 Å². The number of pyridine rings is 1. The van der Waals surface area contributed by atoms with E-state index >= 15 is 0 Å². The maximum Gasteiger partial charge on any atom is 0.263 e. The highest BCUT2D eigenvalue weighted by molar-refractivity contribution is 5.85. The molecule has 0 aliphatic carbocycles. The third-order valence-corrected chi connectivity index (χ3v) is 5.58. The maximum atomic E-state index is 13.6. The second-order valence-electron chi connectivity index (χ2n) is 7.60. The van der Waals surface area contributed by atoms with Crippen molar-refractivity contribution >= 4 is 27.8 Å². The highest BCUT2D eigenvalue weighted by Gasteiger charge is 2.14. The number of H-pyrrole nitrogens is 1. The Labute approximate surface area is 178 Å². The van der Waals surface area contributed by atoms with E-state index in [9.17, 15) is 4.79 Å². The highest BCUT2D eigenvalue weighted by Crippen LogP contribution is 2.21. The number of hydrogen-bond acceptors (Lipinski definition) is 5. The summed E-state index contributed by atoms with van der Waals surface area (Å²) in [6.07, 6.45) is 3.74. The number of hydrogen-bond donors (Lipinski definition) is 2. The molecule has 0 bridgehead atoms. The monoisotopic (exact) mass is 410 g/mol. The standard InChI is InChI=1S/C24H22N6O/c1-15-6-3-4-9-19(15)30-18(12-17-8-5-7-16(2)20(17)24(30)31)10-11-25-22-21-23(27-13-26-21)29-14-28-22/h3-9,12-14H,10-11H2,1-2H3,(H2,25,26,27,28,29). The van der Waals surface area contributed by atoms with E-state index in [1.54, 1.807) is 6.33 Å². The zero-order valence-corrected chi connectivity index (χ0v) is 17.4. The molecule has 7 heteroatoms. The molecule has 3 aromatic heterocycles. The van der Waals surface area contributed by atoms with Gasteiger partial charge < -0.3 is 10.3 Å². The van der Waals surface area contributed by atoms with Gasteiger partial charge in [-0.15, -0.1) is 0 Å². The predicted octanol–water partition coefficient (Wildman–Crippen LogP) is 3.93. The molecule has 31 heavy (non-hydrogen) atoms. The summed E-state index contributed by atoms with van der Waals surface area (Å²) in [5.41, 5.74) is 5.30. The number of fused-ring (bicyclic) bond motifs is 2. The summed E-state index contributed by atoms with van der Waals surface area (Å²) in [6.45, 7) is 4.62. The molecule has 0 fully saturated rings. The van der Waals surface area contributed by atoms with Gasteiger partial charge in [-0.05, 0) is 42.5 Å². The van der Waals surface area contributed by atoms with Crippen molar-refractivity contribution in [3.8, 4) is 5.69 Å². The van der Waals surface area contributed by atoms with Crippen LogP contribution in [0.4, 0.5) is 5.82 Å². The van der Waals surface area contributed by atoms with Crippen molar-refractivity contribution in [2.24, 2.45) is 0 Å².